The summed E-state index contributed by atoms with van der Waals surface area (Å²) >= 11 is 5.80. The van der Waals surface area contributed by atoms with Crippen LogP contribution in [0, 0.1) is 10.1 Å². The molecule has 5 nitrogen and oxygen atoms in total. The molecule has 0 aliphatic carbocycles. The lowest BCUT2D eigenvalue weighted by atomic mass is 10.1. The minimum Gasteiger partial charge on any atom is -0.372 e. The van der Waals surface area contributed by atoms with Crippen molar-refractivity contribution >= 4 is 23.0 Å². The molecule has 1 heterocycles. The van der Waals surface area contributed by atoms with Crippen LogP contribution in [0.25, 0.3) is 0 Å². The van der Waals surface area contributed by atoms with Gasteiger partial charge in [0.25, 0.3) is 5.69 Å². The van der Waals surface area contributed by atoms with Crippen molar-refractivity contribution in [3.8, 4) is 0 Å². The topological polar surface area (TPSA) is 55.6 Å². The van der Waals surface area contributed by atoms with Gasteiger partial charge >= 0.3 is 0 Å². The highest BCUT2D eigenvalue weighted by Crippen LogP contribution is 2.29. The standard InChI is InChI=1S/C13H17ClN2O3/c1-13(2)9-15(5-6-19-13)11-3-4-12(16(17)18)10(7-11)8-14/h3-4,7H,5-6,8-9H2,1-2H3. The summed E-state index contributed by atoms with van der Waals surface area (Å²) in [5.74, 6) is 0.137. The van der Waals surface area contributed by atoms with Crippen LogP contribution in [0.3, 0.4) is 0 Å². The molecule has 104 valence electrons. The monoisotopic (exact) mass is 284 g/mol. The lowest BCUT2D eigenvalue weighted by Crippen LogP contribution is -2.48. The second kappa shape index (κ2) is 5.35. The molecule has 1 aliphatic rings. The first-order chi connectivity index (χ1) is 8.93. The number of hydrogen-bond acceptors (Lipinski definition) is 4. The van der Waals surface area contributed by atoms with Crippen LogP contribution < -0.4 is 4.90 Å². The predicted octanol–water partition coefficient (Wildman–Crippen LogP) is 2.95. The fourth-order valence-corrected chi connectivity index (χ4v) is 2.50. The van der Waals surface area contributed by atoms with E-state index in [1.807, 2.05) is 13.8 Å². The number of nitro benzene ring substituents is 1. The van der Waals surface area contributed by atoms with Crippen LogP contribution in [0.4, 0.5) is 11.4 Å². The molecule has 1 fully saturated rings. The van der Waals surface area contributed by atoms with Gasteiger partial charge in [0.2, 0.25) is 0 Å². The van der Waals surface area contributed by atoms with Crippen molar-refractivity contribution in [1.82, 2.24) is 0 Å². The SMILES string of the molecule is CC1(C)CN(c2ccc([N+](=O)[O-])c(CCl)c2)CCO1. The van der Waals surface area contributed by atoms with Crippen molar-refractivity contribution in [3.05, 3.63) is 33.9 Å². The number of halogens is 1. The number of rotatable bonds is 3. The Morgan fingerprint density at radius 1 is 1.53 bits per heavy atom. The van der Waals surface area contributed by atoms with E-state index in [0.29, 0.717) is 12.2 Å². The van der Waals surface area contributed by atoms with Crippen LogP contribution in [0.2, 0.25) is 0 Å². The Morgan fingerprint density at radius 2 is 2.26 bits per heavy atom. The van der Waals surface area contributed by atoms with E-state index in [1.165, 1.54) is 6.07 Å². The Morgan fingerprint density at radius 3 is 2.84 bits per heavy atom. The summed E-state index contributed by atoms with van der Waals surface area (Å²) in [6, 6.07) is 5.09. The molecule has 0 N–H and O–H groups in total. The highest BCUT2D eigenvalue weighted by Gasteiger charge is 2.28. The smallest absolute Gasteiger partial charge is 0.273 e. The molecule has 0 unspecified atom stereocenters. The Bertz CT molecular complexity index is 491. The molecule has 1 aliphatic heterocycles. The number of nitrogens with zero attached hydrogens (tertiary/aromatic N) is 2. The zero-order chi connectivity index (χ0) is 14.0. The molecular weight excluding hydrogens is 268 g/mol. The summed E-state index contributed by atoms with van der Waals surface area (Å²) in [6.07, 6.45) is 0. The predicted molar refractivity (Wildman–Crippen MR) is 74.9 cm³/mol. The molecule has 0 amide bonds. The fourth-order valence-electron chi connectivity index (χ4n) is 2.29. The summed E-state index contributed by atoms with van der Waals surface area (Å²) in [6.45, 7) is 6.26. The minimum atomic E-state index is -0.398. The normalized spacial score (nSPS) is 18.4. The van der Waals surface area contributed by atoms with Gasteiger partial charge in [-0.2, -0.15) is 0 Å². The Hall–Kier alpha value is -1.33. The third kappa shape index (κ3) is 3.16. The number of alkyl halides is 1. The van der Waals surface area contributed by atoms with Gasteiger partial charge in [-0.05, 0) is 26.0 Å². The number of benzene rings is 1. The zero-order valence-corrected chi connectivity index (χ0v) is 11.8. The van der Waals surface area contributed by atoms with E-state index in [-0.39, 0.29) is 17.2 Å². The van der Waals surface area contributed by atoms with Crippen molar-refractivity contribution in [3.63, 3.8) is 0 Å². The van der Waals surface area contributed by atoms with E-state index < -0.39 is 4.92 Å². The maximum absolute atomic E-state index is 10.9. The molecule has 1 saturated heterocycles. The molecule has 2 rings (SSSR count). The first kappa shape index (κ1) is 14.1. The quantitative estimate of drug-likeness (QED) is 0.486. The van der Waals surface area contributed by atoms with E-state index in [0.717, 1.165) is 18.8 Å². The minimum absolute atomic E-state index is 0.0752. The number of anilines is 1. The highest BCUT2D eigenvalue weighted by atomic mass is 35.5. The van der Waals surface area contributed by atoms with Crippen LogP contribution >= 0.6 is 11.6 Å². The molecule has 0 radical (unpaired) electrons. The van der Waals surface area contributed by atoms with Crippen LogP contribution in [0.15, 0.2) is 18.2 Å². The van der Waals surface area contributed by atoms with Gasteiger partial charge in [-0.1, -0.05) is 0 Å². The van der Waals surface area contributed by atoms with Gasteiger partial charge in [-0.3, -0.25) is 10.1 Å². The maximum atomic E-state index is 10.9. The van der Waals surface area contributed by atoms with Gasteiger partial charge in [0.15, 0.2) is 0 Å². The molecule has 0 bridgehead atoms. The fraction of sp³-hybridized carbons (Fsp3) is 0.538. The number of hydrogen-bond donors (Lipinski definition) is 0. The molecule has 1 aromatic rings. The van der Waals surface area contributed by atoms with E-state index >= 15 is 0 Å². The highest BCUT2D eigenvalue weighted by molar-refractivity contribution is 6.17. The summed E-state index contributed by atoms with van der Waals surface area (Å²) in [4.78, 5) is 12.7. The van der Waals surface area contributed by atoms with Crippen LogP contribution in [-0.2, 0) is 10.6 Å². The molecule has 19 heavy (non-hydrogen) atoms. The average molecular weight is 285 g/mol. The third-order valence-corrected chi connectivity index (χ3v) is 3.48. The van der Waals surface area contributed by atoms with Gasteiger partial charge in [0, 0.05) is 30.4 Å². The third-order valence-electron chi connectivity index (χ3n) is 3.19. The Labute approximate surface area is 117 Å². The van der Waals surface area contributed by atoms with Crippen LogP contribution in [0.1, 0.15) is 19.4 Å². The summed E-state index contributed by atoms with van der Waals surface area (Å²) in [5, 5.41) is 10.9. The molecule has 0 aromatic heterocycles. The number of morpholine rings is 1. The summed E-state index contributed by atoms with van der Waals surface area (Å²) in [5.41, 5.74) is 1.37. The largest absolute Gasteiger partial charge is 0.372 e. The number of nitro groups is 1. The maximum Gasteiger partial charge on any atom is 0.273 e. The molecule has 0 spiro atoms. The molecule has 6 heteroatoms. The van der Waals surface area contributed by atoms with E-state index in [4.69, 9.17) is 16.3 Å². The van der Waals surface area contributed by atoms with E-state index in [2.05, 4.69) is 4.90 Å². The zero-order valence-electron chi connectivity index (χ0n) is 11.1. The van der Waals surface area contributed by atoms with Crippen molar-refractivity contribution in [2.24, 2.45) is 0 Å². The van der Waals surface area contributed by atoms with Gasteiger partial charge in [-0.15, -0.1) is 11.6 Å². The summed E-state index contributed by atoms with van der Waals surface area (Å²) in [7, 11) is 0. The van der Waals surface area contributed by atoms with Crippen molar-refractivity contribution in [2.45, 2.75) is 25.3 Å². The Balaban J connectivity index is 2.28. The second-order valence-electron chi connectivity index (χ2n) is 5.23. The second-order valence-corrected chi connectivity index (χ2v) is 5.50. The first-order valence-electron chi connectivity index (χ1n) is 6.15. The van der Waals surface area contributed by atoms with Gasteiger partial charge < -0.3 is 9.64 Å². The van der Waals surface area contributed by atoms with Crippen LogP contribution in [0.5, 0.6) is 0 Å². The average Bonchev–Trinajstić information content (AvgIpc) is 2.36. The lowest BCUT2D eigenvalue weighted by molar-refractivity contribution is -0.385. The molecule has 1 aromatic carbocycles. The van der Waals surface area contributed by atoms with Gasteiger partial charge in [0.1, 0.15) is 0 Å². The summed E-state index contributed by atoms with van der Waals surface area (Å²) < 4.78 is 5.66. The van der Waals surface area contributed by atoms with Crippen molar-refractivity contribution in [1.29, 1.82) is 0 Å². The van der Waals surface area contributed by atoms with Gasteiger partial charge in [-0.25, -0.2) is 0 Å². The van der Waals surface area contributed by atoms with Gasteiger partial charge in [0.05, 0.1) is 23.0 Å². The first-order valence-corrected chi connectivity index (χ1v) is 6.68. The molecular formula is C13H17ClN2O3. The van der Waals surface area contributed by atoms with Crippen LogP contribution in [-0.4, -0.2) is 30.2 Å². The van der Waals surface area contributed by atoms with Crippen molar-refractivity contribution in [2.75, 3.05) is 24.6 Å². The van der Waals surface area contributed by atoms with E-state index in [9.17, 15) is 10.1 Å². The Kier molecular flexibility index (Phi) is 3.96. The molecule has 0 atom stereocenters. The lowest BCUT2D eigenvalue weighted by Gasteiger charge is -2.39. The van der Waals surface area contributed by atoms with Crippen molar-refractivity contribution < 1.29 is 9.66 Å². The number of ether oxygens (including phenoxy) is 1. The molecule has 0 saturated carbocycles. The van der Waals surface area contributed by atoms with E-state index in [1.54, 1.807) is 12.1 Å².